The Morgan fingerprint density at radius 3 is 2.50 bits per heavy atom. The molecule has 0 saturated heterocycles. The molecule has 3 rings (SSSR count). The van der Waals surface area contributed by atoms with Gasteiger partial charge in [-0.25, -0.2) is 0 Å². The maximum absolute atomic E-state index is 12.6. The molecule has 24 heavy (non-hydrogen) atoms. The minimum Gasteiger partial charge on any atom is -0.348 e. The summed E-state index contributed by atoms with van der Waals surface area (Å²) < 4.78 is 0. The zero-order valence-corrected chi connectivity index (χ0v) is 12.9. The second-order valence-electron chi connectivity index (χ2n) is 5.25. The molecule has 0 saturated carbocycles. The molecular formula is C20H15N3O. The van der Waals surface area contributed by atoms with E-state index in [0.29, 0.717) is 17.7 Å². The lowest BCUT2D eigenvalue weighted by Gasteiger charge is -2.11. The summed E-state index contributed by atoms with van der Waals surface area (Å²) in [6, 6.07) is 20.5. The van der Waals surface area contributed by atoms with Crippen molar-refractivity contribution in [3.63, 3.8) is 0 Å². The third-order valence-corrected chi connectivity index (χ3v) is 3.69. The highest BCUT2D eigenvalue weighted by Gasteiger charge is 2.14. The molecule has 4 heteroatoms. The number of amides is 1. The number of rotatable bonds is 4. The monoisotopic (exact) mass is 313 g/mol. The average Bonchev–Trinajstić information content (AvgIpc) is 2.67. The molecular weight excluding hydrogens is 298 g/mol. The van der Waals surface area contributed by atoms with Gasteiger partial charge in [-0.3, -0.25) is 9.78 Å². The van der Waals surface area contributed by atoms with Crippen LogP contribution in [0.2, 0.25) is 0 Å². The number of benzene rings is 2. The predicted octanol–water partition coefficient (Wildman–Crippen LogP) is 3.55. The van der Waals surface area contributed by atoms with E-state index in [9.17, 15) is 10.1 Å². The van der Waals surface area contributed by atoms with E-state index in [1.54, 1.807) is 24.5 Å². The van der Waals surface area contributed by atoms with E-state index in [0.717, 1.165) is 16.7 Å². The van der Waals surface area contributed by atoms with Crippen LogP contribution in [-0.2, 0) is 6.54 Å². The first-order valence-electron chi connectivity index (χ1n) is 7.55. The first-order chi connectivity index (χ1) is 11.8. The van der Waals surface area contributed by atoms with Crippen LogP contribution in [0, 0.1) is 11.3 Å². The zero-order chi connectivity index (χ0) is 16.8. The summed E-state index contributed by atoms with van der Waals surface area (Å²) in [5.41, 5.74) is 3.53. The molecule has 2 aromatic carbocycles. The molecule has 1 heterocycles. The van der Waals surface area contributed by atoms with Gasteiger partial charge in [-0.1, -0.05) is 42.5 Å². The van der Waals surface area contributed by atoms with Crippen molar-refractivity contribution < 1.29 is 4.79 Å². The molecule has 116 valence electrons. The molecule has 0 bridgehead atoms. The Morgan fingerprint density at radius 1 is 1.00 bits per heavy atom. The maximum Gasteiger partial charge on any atom is 0.252 e. The molecule has 0 fully saturated rings. The fourth-order valence-corrected chi connectivity index (χ4v) is 2.51. The summed E-state index contributed by atoms with van der Waals surface area (Å²) in [7, 11) is 0. The largest absolute Gasteiger partial charge is 0.348 e. The molecule has 0 spiro atoms. The van der Waals surface area contributed by atoms with Gasteiger partial charge in [0.2, 0.25) is 0 Å². The van der Waals surface area contributed by atoms with Gasteiger partial charge >= 0.3 is 0 Å². The van der Waals surface area contributed by atoms with Gasteiger partial charge in [0.25, 0.3) is 5.91 Å². The smallest absolute Gasteiger partial charge is 0.252 e. The van der Waals surface area contributed by atoms with E-state index in [2.05, 4.69) is 16.4 Å². The van der Waals surface area contributed by atoms with Gasteiger partial charge in [-0.05, 0) is 29.3 Å². The van der Waals surface area contributed by atoms with Crippen molar-refractivity contribution in [2.75, 3.05) is 0 Å². The van der Waals surface area contributed by atoms with E-state index < -0.39 is 0 Å². The Morgan fingerprint density at radius 2 is 1.75 bits per heavy atom. The van der Waals surface area contributed by atoms with Gasteiger partial charge in [0, 0.05) is 30.1 Å². The second kappa shape index (κ2) is 7.21. The quantitative estimate of drug-likeness (QED) is 0.801. The normalized spacial score (nSPS) is 9.96. The van der Waals surface area contributed by atoms with Crippen LogP contribution in [-0.4, -0.2) is 10.9 Å². The first kappa shape index (κ1) is 15.4. The minimum absolute atomic E-state index is 0.179. The van der Waals surface area contributed by atoms with Crippen LogP contribution in [0.25, 0.3) is 11.1 Å². The van der Waals surface area contributed by atoms with Crippen molar-refractivity contribution in [1.29, 1.82) is 5.26 Å². The molecule has 0 aliphatic rings. The highest BCUT2D eigenvalue weighted by molar-refractivity contribution is 6.01. The summed E-state index contributed by atoms with van der Waals surface area (Å²) in [4.78, 5) is 16.6. The van der Waals surface area contributed by atoms with Gasteiger partial charge in [0.1, 0.15) is 0 Å². The van der Waals surface area contributed by atoms with E-state index in [4.69, 9.17) is 0 Å². The molecule has 3 aromatic rings. The summed E-state index contributed by atoms with van der Waals surface area (Å²) in [6.45, 7) is 0.404. The number of nitrogens with one attached hydrogen (secondary N) is 1. The van der Waals surface area contributed by atoms with E-state index in [1.165, 1.54) is 0 Å². The SMILES string of the molecule is N#Cc1ccccc1-c1ccccc1C(=O)NCc1cccnc1. The number of nitriles is 1. The van der Waals surface area contributed by atoms with Crippen molar-refractivity contribution in [2.45, 2.75) is 6.54 Å². The van der Waals surface area contributed by atoms with E-state index in [1.807, 2.05) is 48.5 Å². The molecule has 1 aromatic heterocycles. The molecule has 4 nitrogen and oxygen atoms in total. The first-order valence-corrected chi connectivity index (χ1v) is 7.55. The van der Waals surface area contributed by atoms with Crippen molar-refractivity contribution in [1.82, 2.24) is 10.3 Å². The number of carbonyl (C=O) groups is 1. The maximum atomic E-state index is 12.6. The summed E-state index contributed by atoms with van der Waals surface area (Å²) >= 11 is 0. The average molecular weight is 313 g/mol. The number of carbonyl (C=O) groups excluding carboxylic acids is 1. The van der Waals surface area contributed by atoms with E-state index in [-0.39, 0.29) is 5.91 Å². The standard InChI is InChI=1S/C20H15N3O/c21-12-16-7-1-2-8-17(16)18-9-3-4-10-19(18)20(24)23-14-15-6-5-11-22-13-15/h1-11,13H,14H2,(H,23,24). The molecule has 1 N–H and O–H groups in total. The fraction of sp³-hybridized carbons (Fsp3) is 0.0500. The van der Waals surface area contributed by atoms with Gasteiger partial charge in [0.15, 0.2) is 0 Å². The number of hydrogen-bond acceptors (Lipinski definition) is 3. The van der Waals surface area contributed by atoms with Crippen molar-refractivity contribution in [3.8, 4) is 17.2 Å². The Kier molecular flexibility index (Phi) is 4.64. The van der Waals surface area contributed by atoms with Crippen LogP contribution in [0.1, 0.15) is 21.5 Å². The van der Waals surface area contributed by atoms with Crippen molar-refractivity contribution in [3.05, 3.63) is 89.7 Å². The lowest BCUT2D eigenvalue weighted by Crippen LogP contribution is -2.23. The van der Waals surface area contributed by atoms with Crippen LogP contribution >= 0.6 is 0 Å². The Labute approximate surface area is 140 Å². The Hall–Kier alpha value is -3.45. The van der Waals surface area contributed by atoms with Crippen LogP contribution in [0.15, 0.2) is 73.1 Å². The third kappa shape index (κ3) is 3.31. The van der Waals surface area contributed by atoms with Gasteiger partial charge in [-0.15, -0.1) is 0 Å². The molecule has 0 radical (unpaired) electrons. The van der Waals surface area contributed by atoms with Crippen LogP contribution in [0.4, 0.5) is 0 Å². The highest BCUT2D eigenvalue weighted by Crippen LogP contribution is 2.26. The van der Waals surface area contributed by atoms with Gasteiger partial charge in [0.05, 0.1) is 11.6 Å². The number of pyridine rings is 1. The summed E-state index contributed by atoms with van der Waals surface area (Å²) in [5.74, 6) is -0.179. The van der Waals surface area contributed by atoms with Crippen LogP contribution in [0.3, 0.4) is 0 Å². The lowest BCUT2D eigenvalue weighted by molar-refractivity contribution is 0.0951. The lowest BCUT2D eigenvalue weighted by atomic mass is 9.95. The molecule has 0 atom stereocenters. The number of aromatic nitrogens is 1. The van der Waals surface area contributed by atoms with Gasteiger partial charge < -0.3 is 5.32 Å². The molecule has 0 aliphatic heterocycles. The Bertz CT molecular complexity index is 898. The number of nitrogens with zero attached hydrogens (tertiary/aromatic N) is 2. The molecule has 1 amide bonds. The number of hydrogen-bond donors (Lipinski definition) is 1. The highest BCUT2D eigenvalue weighted by atomic mass is 16.1. The topological polar surface area (TPSA) is 65.8 Å². The van der Waals surface area contributed by atoms with Crippen LogP contribution < -0.4 is 5.32 Å². The minimum atomic E-state index is -0.179. The Balaban J connectivity index is 1.89. The second-order valence-corrected chi connectivity index (χ2v) is 5.25. The molecule has 0 aliphatic carbocycles. The van der Waals surface area contributed by atoms with E-state index >= 15 is 0 Å². The van der Waals surface area contributed by atoms with Crippen LogP contribution in [0.5, 0.6) is 0 Å². The molecule has 0 unspecified atom stereocenters. The third-order valence-electron chi connectivity index (χ3n) is 3.69. The predicted molar refractivity (Wildman–Crippen MR) is 92.0 cm³/mol. The summed E-state index contributed by atoms with van der Waals surface area (Å²) in [6.07, 6.45) is 3.41. The van der Waals surface area contributed by atoms with Crippen molar-refractivity contribution in [2.24, 2.45) is 0 Å². The zero-order valence-electron chi connectivity index (χ0n) is 12.9. The summed E-state index contributed by atoms with van der Waals surface area (Å²) in [5, 5.41) is 12.2. The fourth-order valence-electron chi connectivity index (χ4n) is 2.51. The van der Waals surface area contributed by atoms with Crippen molar-refractivity contribution >= 4 is 5.91 Å². The van der Waals surface area contributed by atoms with Gasteiger partial charge in [-0.2, -0.15) is 5.26 Å².